The van der Waals surface area contributed by atoms with E-state index in [1.165, 1.54) is 6.07 Å². The highest BCUT2D eigenvalue weighted by atomic mass is 19.1. The van der Waals surface area contributed by atoms with Gasteiger partial charge >= 0.3 is 0 Å². The third-order valence-corrected chi connectivity index (χ3v) is 2.80. The summed E-state index contributed by atoms with van der Waals surface area (Å²) in [4.78, 5) is 0. The lowest BCUT2D eigenvalue weighted by Gasteiger charge is -2.04. The van der Waals surface area contributed by atoms with E-state index < -0.39 is 0 Å². The molecule has 0 unspecified atom stereocenters. The smallest absolute Gasteiger partial charge is 0.146 e. The van der Waals surface area contributed by atoms with Gasteiger partial charge in [-0.15, -0.1) is 0 Å². The number of hydrogen-bond donors (Lipinski definition) is 1. The first-order chi connectivity index (χ1) is 7.50. The molecule has 1 heterocycles. The highest BCUT2D eigenvalue weighted by Gasteiger charge is 2.12. The van der Waals surface area contributed by atoms with E-state index in [0.29, 0.717) is 0 Å². The SMILES string of the molecule is Cc1nn(C)c(C)c1-c1ccc(N)c(F)c1. The molecule has 2 rings (SSSR count). The number of halogens is 1. The summed E-state index contributed by atoms with van der Waals surface area (Å²) in [5.41, 5.74) is 9.32. The van der Waals surface area contributed by atoms with Gasteiger partial charge in [0.15, 0.2) is 0 Å². The molecule has 0 saturated heterocycles. The topological polar surface area (TPSA) is 43.8 Å². The minimum atomic E-state index is -0.389. The number of benzene rings is 1. The fourth-order valence-electron chi connectivity index (χ4n) is 1.87. The summed E-state index contributed by atoms with van der Waals surface area (Å²) in [6, 6.07) is 4.85. The molecule has 0 aliphatic rings. The summed E-state index contributed by atoms with van der Waals surface area (Å²) in [5.74, 6) is -0.389. The van der Waals surface area contributed by atoms with Crippen LogP contribution in [0, 0.1) is 19.7 Å². The molecule has 3 nitrogen and oxygen atoms in total. The molecule has 0 aliphatic carbocycles. The van der Waals surface area contributed by atoms with Gasteiger partial charge in [0, 0.05) is 18.3 Å². The van der Waals surface area contributed by atoms with Gasteiger partial charge in [-0.3, -0.25) is 4.68 Å². The number of anilines is 1. The zero-order chi connectivity index (χ0) is 11.9. The largest absolute Gasteiger partial charge is 0.396 e. The van der Waals surface area contributed by atoms with Crippen LogP contribution in [0.25, 0.3) is 11.1 Å². The molecule has 0 spiro atoms. The average molecular weight is 219 g/mol. The van der Waals surface area contributed by atoms with Crippen LogP contribution in [0.3, 0.4) is 0 Å². The number of rotatable bonds is 1. The molecule has 1 aromatic heterocycles. The van der Waals surface area contributed by atoms with Crippen LogP contribution >= 0.6 is 0 Å². The van der Waals surface area contributed by atoms with Crippen LogP contribution < -0.4 is 5.73 Å². The van der Waals surface area contributed by atoms with Crippen molar-refractivity contribution in [3.8, 4) is 11.1 Å². The maximum atomic E-state index is 13.4. The van der Waals surface area contributed by atoms with Crippen molar-refractivity contribution in [3.05, 3.63) is 35.4 Å². The second-order valence-electron chi connectivity index (χ2n) is 3.91. The van der Waals surface area contributed by atoms with Gasteiger partial charge < -0.3 is 5.73 Å². The van der Waals surface area contributed by atoms with Gasteiger partial charge in [0.2, 0.25) is 0 Å². The predicted octanol–water partition coefficient (Wildman–Crippen LogP) is 2.43. The van der Waals surface area contributed by atoms with Gasteiger partial charge in [0.25, 0.3) is 0 Å². The summed E-state index contributed by atoms with van der Waals surface area (Å²) >= 11 is 0. The van der Waals surface area contributed by atoms with Crippen molar-refractivity contribution in [2.24, 2.45) is 7.05 Å². The minimum Gasteiger partial charge on any atom is -0.396 e. The lowest BCUT2D eigenvalue weighted by Crippen LogP contribution is -1.93. The fraction of sp³-hybridized carbons (Fsp3) is 0.250. The third kappa shape index (κ3) is 1.56. The van der Waals surface area contributed by atoms with E-state index in [9.17, 15) is 4.39 Å². The summed E-state index contributed by atoms with van der Waals surface area (Å²) in [5, 5.41) is 4.30. The van der Waals surface area contributed by atoms with Crippen molar-refractivity contribution in [1.29, 1.82) is 0 Å². The van der Waals surface area contributed by atoms with E-state index in [4.69, 9.17) is 5.73 Å². The number of nitrogens with zero attached hydrogens (tertiary/aromatic N) is 2. The Balaban J connectivity index is 2.63. The fourth-order valence-corrected chi connectivity index (χ4v) is 1.87. The first kappa shape index (κ1) is 10.7. The van der Waals surface area contributed by atoms with E-state index in [1.54, 1.807) is 10.7 Å². The van der Waals surface area contributed by atoms with E-state index >= 15 is 0 Å². The van der Waals surface area contributed by atoms with Gasteiger partial charge in [0.05, 0.1) is 11.4 Å². The van der Waals surface area contributed by atoms with Crippen LogP contribution in [0.2, 0.25) is 0 Å². The molecular formula is C12H14FN3. The van der Waals surface area contributed by atoms with Crippen molar-refractivity contribution in [2.75, 3.05) is 5.73 Å². The second-order valence-corrected chi connectivity index (χ2v) is 3.91. The summed E-state index contributed by atoms with van der Waals surface area (Å²) in [6.45, 7) is 3.88. The van der Waals surface area contributed by atoms with Crippen molar-refractivity contribution in [2.45, 2.75) is 13.8 Å². The standard InChI is InChI=1S/C12H14FN3/c1-7-12(8(2)16(3)15-7)9-4-5-11(14)10(13)6-9/h4-6H,14H2,1-3H3. The molecule has 4 heteroatoms. The highest BCUT2D eigenvalue weighted by Crippen LogP contribution is 2.28. The molecule has 0 saturated carbocycles. The Morgan fingerprint density at radius 1 is 1.31 bits per heavy atom. The van der Waals surface area contributed by atoms with E-state index in [1.807, 2.05) is 27.0 Å². The zero-order valence-corrected chi connectivity index (χ0v) is 9.58. The van der Waals surface area contributed by atoms with Gasteiger partial charge in [-0.05, 0) is 31.5 Å². The van der Waals surface area contributed by atoms with Gasteiger partial charge in [-0.2, -0.15) is 5.10 Å². The summed E-state index contributed by atoms with van der Waals surface area (Å²) < 4.78 is 15.2. The van der Waals surface area contributed by atoms with E-state index in [0.717, 1.165) is 22.5 Å². The Labute approximate surface area is 93.7 Å². The molecule has 2 aromatic rings. The Kier molecular flexibility index (Phi) is 2.42. The van der Waals surface area contributed by atoms with E-state index in [-0.39, 0.29) is 11.5 Å². The highest BCUT2D eigenvalue weighted by molar-refractivity contribution is 5.70. The van der Waals surface area contributed by atoms with Gasteiger partial charge in [-0.1, -0.05) is 6.07 Å². The van der Waals surface area contributed by atoms with Crippen LogP contribution in [-0.2, 0) is 7.05 Å². The van der Waals surface area contributed by atoms with Crippen molar-refractivity contribution < 1.29 is 4.39 Å². The number of aryl methyl sites for hydroxylation is 2. The predicted molar refractivity (Wildman–Crippen MR) is 62.5 cm³/mol. The number of nitrogen functional groups attached to an aromatic ring is 1. The molecule has 0 fully saturated rings. The lowest BCUT2D eigenvalue weighted by molar-refractivity contribution is 0.633. The molecule has 0 atom stereocenters. The molecule has 16 heavy (non-hydrogen) atoms. The lowest BCUT2D eigenvalue weighted by atomic mass is 10.0. The van der Waals surface area contributed by atoms with Gasteiger partial charge in [-0.25, -0.2) is 4.39 Å². The van der Waals surface area contributed by atoms with Crippen LogP contribution in [0.1, 0.15) is 11.4 Å². The van der Waals surface area contributed by atoms with Crippen molar-refractivity contribution in [3.63, 3.8) is 0 Å². The Morgan fingerprint density at radius 3 is 2.50 bits per heavy atom. The van der Waals surface area contributed by atoms with Crippen LogP contribution in [0.15, 0.2) is 18.2 Å². The zero-order valence-electron chi connectivity index (χ0n) is 9.58. The molecule has 84 valence electrons. The average Bonchev–Trinajstić information content (AvgIpc) is 2.47. The molecule has 2 N–H and O–H groups in total. The maximum absolute atomic E-state index is 13.4. The molecule has 0 aliphatic heterocycles. The Bertz CT molecular complexity index is 543. The monoisotopic (exact) mass is 219 g/mol. The molecule has 0 radical (unpaired) electrons. The van der Waals surface area contributed by atoms with Crippen molar-refractivity contribution >= 4 is 5.69 Å². The molecule has 1 aromatic carbocycles. The van der Waals surface area contributed by atoms with Crippen LogP contribution in [-0.4, -0.2) is 9.78 Å². The van der Waals surface area contributed by atoms with Crippen LogP contribution in [0.5, 0.6) is 0 Å². The van der Waals surface area contributed by atoms with Crippen LogP contribution in [0.4, 0.5) is 10.1 Å². The number of aromatic nitrogens is 2. The van der Waals surface area contributed by atoms with Crippen molar-refractivity contribution in [1.82, 2.24) is 9.78 Å². The summed E-state index contributed by atoms with van der Waals surface area (Å²) in [6.07, 6.45) is 0. The minimum absolute atomic E-state index is 0.169. The Hall–Kier alpha value is -1.84. The van der Waals surface area contributed by atoms with Gasteiger partial charge in [0.1, 0.15) is 5.82 Å². The Morgan fingerprint density at radius 2 is 2.00 bits per heavy atom. The first-order valence-corrected chi connectivity index (χ1v) is 5.06. The second kappa shape index (κ2) is 3.63. The quantitative estimate of drug-likeness (QED) is 0.748. The number of nitrogens with two attached hydrogens (primary N) is 1. The third-order valence-electron chi connectivity index (χ3n) is 2.80. The normalized spacial score (nSPS) is 10.8. The molecule has 0 bridgehead atoms. The number of hydrogen-bond acceptors (Lipinski definition) is 2. The summed E-state index contributed by atoms with van der Waals surface area (Å²) in [7, 11) is 1.87. The maximum Gasteiger partial charge on any atom is 0.146 e. The first-order valence-electron chi connectivity index (χ1n) is 5.06. The molecule has 0 amide bonds. The molecular weight excluding hydrogens is 205 g/mol. The van der Waals surface area contributed by atoms with E-state index in [2.05, 4.69) is 5.10 Å².